The zero-order valence-corrected chi connectivity index (χ0v) is 14.5. The van der Waals surface area contributed by atoms with Crippen LogP contribution < -0.4 is 5.01 Å². The van der Waals surface area contributed by atoms with Gasteiger partial charge < -0.3 is 5.11 Å². The van der Waals surface area contributed by atoms with Crippen molar-refractivity contribution in [3.05, 3.63) is 77.0 Å². The second-order valence-electron chi connectivity index (χ2n) is 6.07. The van der Waals surface area contributed by atoms with Gasteiger partial charge in [-0.05, 0) is 35.9 Å². The second-order valence-corrected chi connectivity index (χ2v) is 6.50. The zero-order chi connectivity index (χ0) is 18.0. The van der Waals surface area contributed by atoms with E-state index in [1.807, 2.05) is 48.5 Å². The zero-order valence-electron chi connectivity index (χ0n) is 13.7. The van der Waals surface area contributed by atoms with Gasteiger partial charge in [0.15, 0.2) is 0 Å². The van der Waals surface area contributed by atoms with Crippen LogP contribution in [0.2, 0.25) is 5.02 Å². The largest absolute Gasteiger partial charge is 0.481 e. The van der Waals surface area contributed by atoms with Gasteiger partial charge in [-0.15, -0.1) is 0 Å². The van der Waals surface area contributed by atoms with Crippen LogP contribution >= 0.6 is 11.6 Å². The minimum Gasteiger partial charge on any atom is -0.481 e. The molecule has 0 radical (unpaired) electrons. The number of hydrogen-bond donors (Lipinski definition) is 2. The van der Waals surface area contributed by atoms with E-state index in [2.05, 4.69) is 0 Å². The van der Waals surface area contributed by atoms with Crippen LogP contribution in [-0.4, -0.2) is 21.5 Å². The highest BCUT2D eigenvalue weighted by molar-refractivity contribution is 6.30. The number of para-hydroxylation sites is 1. The predicted octanol–water partition coefficient (Wildman–Crippen LogP) is 4.50. The second kappa shape index (κ2) is 7.17. The molecule has 2 unspecified atom stereocenters. The third-order valence-electron chi connectivity index (χ3n) is 4.24. The van der Waals surface area contributed by atoms with Gasteiger partial charge in [-0.25, -0.2) is 0 Å². The molecule has 1 heterocycles. The molecule has 0 fully saturated rings. The lowest BCUT2D eigenvalue weighted by atomic mass is 10.0. The molecule has 2 aromatic rings. The predicted molar refractivity (Wildman–Crippen MR) is 96.2 cm³/mol. The van der Waals surface area contributed by atoms with Crippen LogP contribution in [0.15, 0.2) is 66.4 Å². The lowest BCUT2D eigenvalue weighted by Crippen LogP contribution is -2.37. The molecule has 0 aliphatic carbocycles. The average Bonchev–Trinajstić information content (AvgIpc) is 2.92. The van der Waals surface area contributed by atoms with E-state index in [4.69, 9.17) is 16.7 Å². The normalized spacial score (nSPS) is 18.2. The number of aliphatic carboxylic acids is 1. The molecule has 1 aliphatic rings. The van der Waals surface area contributed by atoms with Crippen molar-refractivity contribution in [2.75, 3.05) is 5.01 Å². The van der Waals surface area contributed by atoms with E-state index in [1.165, 1.54) is 0 Å². The Morgan fingerprint density at radius 3 is 2.40 bits per heavy atom. The number of rotatable bonds is 5. The Morgan fingerprint density at radius 2 is 1.80 bits per heavy atom. The van der Waals surface area contributed by atoms with Crippen molar-refractivity contribution >= 4 is 23.3 Å². The molecule has 2 aromatic carbocycles. The Bertz CT molecular complexity index is 777. The van der Waals surface area contributed by atoms with E-state index in [1.54, 1.807) is 24.1 Å². The fraction of sp³-hybridized carbons (Fsp3) is 0.211. The van der Waals surface area contributed by atoms with Gasteiger partial charge in [0, 0.05) is 11.4 Å². The molecule has 6 heteroatoms. The van der Waals surface area contributed by atoms with Crippen molar-refractivity contribution in [1.29, 1.82) is 0 Å². The standard InChI is InChI=1S/C19H19ClN2O3/c1-13(19(23)24)11-17-12-18(14-7-9-15(20)10-8-14)21(22(17)25)16-5-3-2-4-6-16/h2-10,12-13,18,25H,11H2,1H3,(H,23,24). The number of allylic oxidation sites excluding steroid dienone is 1. The van der Waals surface area contributed by atoms with E-state index >= 15 is 0 Å². The third-order valence-corrected chi connectivity index (χ3v) is 4.50. The molecule has 25 heavy (non-hydrogen) atoms. The van der Waals surface area contributed by atoms with Crippen LogP contribution in [0.1, 0.15) is 24.9 Å². The topological polar surface area (TPSA) is 64.0 Å². The van der Waals surface area contributed by atoms with Crippen LogP contribution in [0, 0.1) is 5.92 Å². The molecule has 1 aliphatic heterocycles. The average molecular weight is 359 g/mol. The van der Waals surface area contributed by atoms with Gasteiger partial charge in [0.2, 0.25) is 0 Å². The maximum Gasteiger partial charge on any atom is 0.306 e. The molecule has 130 valence electrons. The van der Waals surface area contributed by atoms with Crippen molar-refractivity contribution in [1.82, 2.24) is 5.17 Å². The minimum atomic E-state index is -0.893. The monoisotopic (exact) mass is 358 g/mol. The summed E-state index contributed by atoms with van der Waals surface area (Å²) in [7, 11) is 0. The van der Waals surface area contributed by atoms with Gasteiger partial charge in [-0.3, -0.25) is 15.0 Å². The molecule has 0 bridgehead atoms. The van der Waals surface area contributed by atoms with E-state index < -0.39 is 11.9 Å². The van der Waals surface area contributed by atoms with Gasteiger partial charge in [-0.1, -0.05) is 48.9 Å². The van der Waals surface area contributed by atoms with Crippen LogP contribution in [-0.2, 0) is 4.79 Å². The summed E-state index contributed by atoms with van der Waals surface area (Å²) >= 11 is 5.98. The molecule has 0 aromatic heterocycles. The van der Waals surface area contributed by atoms with Crippen LogP contribution in [0.3, 0.4) is 0 Å². The molecular weight excluding hydrogens is 340 g/mol. The Balaban J connectivity index is 1.98. The lowest BCUT2D eigenvalue weighted by Gasteiger charge is -2.33. The fourth-order valence-corrected chi connectivity index (χ4v) is 3.00. The van der Waals surface area contributed by atoms with E-state index in [9.17, 15) is 10.0 Å². The number of halogens is 1. The molecule has 2 N–H and O–H groups in total. The van der Waals surface area contributed by atoms with E-state index in [-0.39, 0.29) is 12.5 Å². The molecule has 2 atom stereocenters. The number of carbonyl (C=O) groups is 1. The highest BCUT2D eigenvalue weighted by Gasteiger charge is 2.34. The highest BCUT2D eigenvalue weighted by atomic mass is 35.5. The summed E-state index contributed by atoms with van der Waals surface area (Å²) < 4.78 is 0. The van der Waals surface area contributed by atoms with Crippen LogP contribution in [0.25, 0.3) is 0 Å². The molecular formula is C19H19ClN2O3. The molecule has 0 saturated heterocycles. The van der Waals surface area contributed by atoms with Crippen LogP contribution in [0.4, 0.5) is 5.69 Å². The first-order valence-corrected chi connectivity index (χ1v) is 8.37. The summed E-state index contributed by atoms with van der Waals surface area (Å²) in [4.78, 5) is 11.2. The van der Waals surface area contributed by atoms with Gasteiger partial charge in [0.25, 0.3) is 0 Å². The summed E-state index contributed by atoms with van der Waals surface area (Å²) in [6.07, 6.45) is 2.12. The van der Waals surface area contributed by atoms with E-state index in [0.29, 0.717) is 10.7 Å². The number of carboxylic acid groups (broad SMARTS) is 1. The van der Waals surface area contributed by atoms with Crippen molar-refractivity contribution in [2.45, 2.75) is 19.4 Å². The maximum absolute atomic E-state index is 11.2. The molecule has 0 amide bonds. The van der Waals surface area contributed by atoms with Crippen LogP contribution in [0.5, 0.6) is 0 Å². The van der Waals surface area contributed by atoms with E-state index in [0.717, 1.165) is 16.4 Å². The SMILES string of the molecule is CC(CC1=CC(c2ccc(Cl)cc2)N(c2ccccc2)N1O)C(=O)O. The number of hydrazine groups is 1. The molecule has 3 rings (SSSR count). The van der Waals surface area contributed by atoms with Gasteiger partial charge in [0.05, 0.1) is 23.3 Å². The summed E-state index contributed by atoms with van der Waals surface area (Å²) in [5.74, 6) is -1.49. The first kappa shape index (κ1) is 17.3. The smallest absolute Gasteiger partial charge is 0.306 e. The van der Waals surface area contributed by atoms with Gasteiger partial charge in [0.1, 0.15) is 0 Å². The molecule has 5 nitrogen and oxygen atoms in total. The number of carboxylic acids is 1. The van der Waals surface area contributed by atoms with Crippen molar-refractivity contribution in [3.8, 4) is 0 Å². The number of anilines is 1. The Morgan fingerprint density at radius 1 is 1.16 bits per heavy atom. The summed E-state index contributed by atoms with van der Waals surface area (Å²) in [6, 6.07) is 16.6. The molecule has 0 saturated carbocycles. The minimum absolute atomic E-state index is 0.235. The molecule has 0 spiro atoms. The van der Waals surface area contributed by atoms with Crippen molar-refractivity contribution in [3.63, 3.8) is 0 Å². The summed E-state index contributed by atoms with van der Waals surface area (Å²) in [5.41, 5.74) is 2.31. The third kappa shape index (κ3) is 3.62. The first-order chi connectivity index (χ1) is 12.0. The number of hydrogen-bond acceptors (Lipinski definition) is 4. The number of benzene rings is 2. The lowest BCUT2D eigenvalue weighted by molar-refractivity contribution is -0.141. The first-order valence-electron chi connectivity index (χ1n) is 7.99. The number of nitrogens with zero attached hydrogens (tertiary/aromatic N) is 2. The Kier molecular flexibility index (Phi) is 4.97. The summed E-state index contributed by atoms with van der Waals surface area (Å²) in [5, 5.41) is 23.3. The highest BCUT2D eigenvalue weighted by Crippen LogP contribution is 2.38. The quantitative estimate of drug-likeness (QED) is 0.823. The summed E-state index contributed by atoms with van der Waals surface area (Å²) in [6.45, 7) is 1.62. The fourth-order valence-electron chi connectivity index (χ4n) is 2.87. The van der Waals surface area contributed by atoms with Gasteiger partial charge in [-0.2, -0.15) is 5.17 Å². The van der Waals surface area contributed by atoms with Crippen molar-refractivity contribution < 1.29 is 15.1 Å². The number of hydroxylamine groups is 1. The van der Waals surface area contributed by atoms with Crippen molar-refractivity contribution in [2.24, 2.45) is 5.92 Å². The Hall–Kier alpha value is -2.50. The Labute approximate surface area is 151 Å². The maximum atomic E-state index is 11.2. The van der Waals surface area contributed by atoms with Gasteiger partial charge >= 0.3 is 5.97 Å².